The van der Waals surface area contributed by atoms with Gasteiger partial charge in [0.2, 0.25) is 0 Å². The number of carbonyl (C=O) groups excluding carboxylic acids is 2. The predicted molar refractivity (Wildman–Crippen MR) is 143 cm³/mol. The van der Waals surface area contributed by atoms with Gasteiger partial charge in [-0.2, -0.15) is 0 Å². The fourth-order valence-electron chi connectivity index (χ4n) is 4.03. The summed E-state index contributed by atoms with van der Waals surface area (Å²) in [6.07, 6.45) is 0. The Kier molecular flexibility index (Phi) is 6.39. The van der Waals surface area contributed by atoms with E-state index in [4.69, 9.17) is 34.8 Å². The quantitative estimate of drug-likeness (QED) is 0.288. The molecule has 1 aliphatic rings. The van der Waals surface area contributed by atoms with Crippen molar-refractivity contribution in [1.29, 1.82) is 0 Å². The van der Waals surface area contributed by atoms with Gasteiger partial charge in [-0.05, 0) is 54.1 Å². The lowest BCUT2D eigenvalue weighted by Crippen LogP contribution is -2.26. The number of rotatable bonds is 3. The molecular formula is C27H18Cl3N3O2. The van der Waals surface area contributed by atoms with E-state index in [0.29, 0.717) is 17.8 Å². The Morgan fingerprint density at radius 1 is 0.771 bits per heavy atom. The summed E-state index contributed by atoms with van der Waals surface area (Å²) in [6, 6.07) is 24.9. The summed E-state index contributed by atoms with van der Waals surface area (Å²) in [6.45, 7) is 0.584. The molecule has 4 aromatic rings. The number of amides is 2. The molecule has 0 bridgehead atoms. The van der Waals surface area contributed by atoms with Crippen LogP contribution < -0.4 is 15.5 Å². The second-order valence-corrected chi connectivity index (χ2v) is 9.11. The van der Waals surface area contributed by atoms with Crippen LogP contribution in [0.25, 0.3) is 0 Å². The monoisotopic (exact) mass is 521 g/mol. The van der Waals surface area contributed by atoms with Crippen molar-refractivity contribution in [2.45, 2.75) is 6.54 Å². The van der Waals surface area contributed by atoms with Crippen LogP contribution in [-0.2, 0) is 6.54 Å². The fraction of sp³-hybridized carbons (Fsp3) is 0.0370. The lowest BCUT2D eigenvalue weighted by atomic mass is 10.1. The highest BCUT2D eigenvalue weighted by Crippen LogP contribution is 2.39. The minimum atomic E-state index is -0.475. The van der Waals surface area contributed by atoms with Gasteiger partial charge < -0.3 is 10.6 Å². The van der Waals surface area contributed by atoms with Crippen molar-refractivity contribution in [3.63, 3.8) is 0 Å². The van der Waals surface area contributed by atoms with E-state index in [1.165, 1.54) is 6.07 Å². The number of benzene rings is 4. The zero-order valence-electron chi connectivity index (χ0n) is 18.2. The van der Waals surface area contributed by atoms with Gasteiger partial charge in [-0.3, -0.25) is 14.5 Å². The van der Waals surface area contributed by atoms with E-state index >= 15 is 0 Å². The summed E-state index contributed by atoms with van der Waals surface area (Å²) in [4.78, 5) is 28.2. The maximum Gasteiger partial charge on any atom is 0.264 e. The van der Waals surface area contributed by atoms with Crippen LogP contribution in [0.5, 0.6) is 0 Å². The van der Waals surface area contributed by atoms with Gasteiger partial charge in [0.05, 0.1) is 43.3 Å². The lowest BCUT2D eigenvalue weighted by molar-refractivity contribution is 0.0997. The standard InChI is InChI=1S/C27H18Cl3N3O2/c28-19-7-5-8-20(29)25(19)26(34)32-17-12-13-18(21(30)14-17)27(35)33-23-10-3-1-6-16(23)15-31-22-9-2-4-11-24(22)33/h1-14,31H,15H2,(H,32,34). The molecule has 0 atom stereocenters. The number of hydrogen-bond acceptors (Lipinski definition) is 3. The van der Waals surface area contributed by atoms with Crippen molar-refractivity contribution >= 4 is 69.4 Å². The number of para-hydroxylation sites is 3. The van der Waals surface area contributed by atoms with E-state index in [0.717, 1.165) is 22.6 Å². The molecule has 0 spiro atoms. The first kappa shape index (κ1) is 23.2. The fourth-order valence-corrected chi connectivity index (χ4v) is 4.86. The van der Waals surface area contributed by atoms with Crippen molar-refractivity contribution in [3.05, 3.63) is 117 Å². The summed E-state index contributed by atoms with van der Waals surface area (Å²) in [5.41, 5.74) is 4.19. The van der Waals surface area contributed by atoms with Crippen LogP contribution in [0.1, 0.15) is 26.3 Å². The summed E-state index contributed by atoms with van der Waals surface area (Å²) in [7, 11) is 0. The Hall–Kier alpha value is -3.51. The first-order valence-electron chi connectivity index (χ1n) is 10.7. The molecule has 0 saturated carbocycles. The molecule has 1 heterocycles. The molecule has 0 radical (unpaired) electrons. The van der Waals surface area contributed by atoms with Crippen LogP contribution in [0.4, 0.5) is 22.7 Å². The van der Waals surface area contributed by atoms with Crippen molar-refractivity contribution in [3.8, 4) is 0 Å². The Morgan fingerprint density at radius 3 is 2.20 bits per heavy atom. The largest absolute Gasteiger partial charge is 0.379 e. The molecule has 2 amide bonds. The molecule has 0 unspecified atom stereocenters. The predicted octanol–water partition coefficient (Wildman–Crippen LogP) is 7.80. The SMILES string of the molecule is O=C(Nc1ccc(C(=O)N2c3ccccc3CNc3ccccc32)c(Cl)c1)c1c(Cl)cccc1Cl. The number of nitrogens with one attached hydrogen (secondary N) is 2. The highest BCUT2D eigenvalue weighted by molar-refractivity contribution is 6.40. The van der Waals surface area contributed by atoms with E-state index in [9.17, 15) is 9.59 Å². The topological polar surface area (TPSA) is 61.4 Å². The smallest absolute Gasteiger partial charge is 0.264 e. The molecule has 0 fully saturated rings. The van der Waals surface area contributed by atoms with Gasteiger partial charge in [-0.25, -0.2) is 0 Å². The van der Waals surface area contributed by atoms with Crippen molar-refractivity contribution in [1.82, 2.24) is 0 Å². The van der Waals surface area contributed by atoms with Gasteiger partial charge >= 0.3 is 0 Å². The Morgan fingerprint density at radius 2 is 1.46 bits per heavy atom. The van der Waals surface area contributed by atoms with Crippen LogP contribution in [0.15, 0.2) is 84.9 Å². The third-order valence-corrected chi connectivity index (χ3v) is 6.64. The average molecular weight is 523 g/mol. The average Bonchev–Trinajstić information content (AvgIpc) is 3.00. The van der Waals surface area contributed by atoms with Gasteiger partial charge in [0.25, 0.3) is 11.8 Å². The summed E-state index contributed by atoms with van der Waals surface area (Å²) < 4.78 is 0. The lowest BCUT2D eigenvalue weighted by Gasteiger charge is -2.25. The van der Waals surface area contributed by atoms with Crippen molar-refractivity contribution in [2.24, 2.45) is 0 Å². The minimum Gasteiger partial charge on any atom is -0.379 e. The number of nitrogens with zero attached hydrogens (tertiary/aromatic N) is 1. The van der Waals surface area contributed by atoms with E-state index in [-0.39, 0.29) is 26.5 Å². The number of hydrogen-bond donors (Lipinski definition) is 2. The minimum absolute atomic E-state index is 0.164. The third kappa shape index (κ3) is 4.46. The van der Waals surface area contributed by atoms with Crippen LogP contribution in [-0.4, -0.2) is 11.8 Å². The highest BCUT2D eigenvalue weighted by atomic mass is 35.5. The molecule has 2 N–H and O–H groups in total. The molecular weight excluding hydrogens is 505 g/mol. The van der Waals surface area contributed by atoms with Gasteiger partial charge in [-0.15, -0.1) is 0 Å². The molecule has 0 aromatic heterocycles. The normalized spacial score (nSPS) is 12.1. The molecule has 8 heteroatoms. The van der Waals surface area contributed by atoms with Crippen molar-refractivity contribution < 1.29 is 9.59 Å². The molecule has 5 rings (SSSR count). The summed E-state index contributed by atoms with van der Waals surface area (Å²) in [5, 5.41) is 6.80. The van der Waals surface area contributed by atoms with E-state index in [2.05, 4.69) is 10.6 Å². The van der Waals surface area contributed by atoms with E-state index in [1.807, 2.05) is 48.5 Å². The zero-order chi connectivity index (χ0) is 24.5. The number of anilines is 4. The second-order valence-electron chi connectivity index (χ2n) is 7.89. The number of halogens is 3. The first-order valence-corrected chi connectivity index (χ1v) is 11.9. The molecule has 0 aliphatic carbocycles. The molecule has 35 heavy (non-hydrogen) atoms. The molecule has 174 valence electrons. The van der Waals surface area contributed by atoms with Crippen LogP contribution in [0.3, 0.4) is 0 Å². The third-order valence-electron chi connectivity index (χ3n) is 5.70. The maximum absolute atomic E-state index is 13.8. The van der Waals surface area contributed by atoms with Crippen LogP contribution >= 0.6 is 34.8 Å². The van der Waals surface area contributed by atoms with Gasteiger partial charge in [-0.1, -0.05) is 71.2 Å². The Bertz CT molecular complexity index is 1400. The van der Waals surface area contributed by atoms with Gasteiger partial charge in [0, 0.05) is 12.2 Å². The molecule has 1 aliphatic heterocycles. The number of carbonyl (C=O) groups is 2. The van der Waals surface area contributed by atoms with Crippen molar-refractivity contribution in [2.75, 3.05) is 15.5 Å². The van der Waals surface area contributed by atoms with Gasteiger partial charge in [0.1, 0.15) is 0 Å². The maximum atomic E-state index is 13.8. The Labute approximate surface area is 217 Å². The molecule has 5 nitrogen and oxygen atoms in total. The zero-order valence-corrected chi connectivity index (χ0v) is 20.5. The summed E-state index contributed by atoms with van der Waals surface area (Å²) >= 11 is 18.9. The first-order chi connectivity index (χ1) is 16.9. The van der Waals surface area contributed by atoms with Crippen LogP contribution in [0, 0.1) is 0 Å². The Balaban J connectivity index is 1.49. The summed E-state index contributed by atoms with van der Waals surface area (Å²) in [5.74, 6) is -0.761. The highest BCUT2D eigenvalue weighted by Gasteiger charge is 2.28. The van der Waals surface area contributed by atoms with Gasteiger partial charge in [0.15, 0.2) is 0 Å². The molecule has 4 aromatic carbocycles. The second kappa shape index (κ2) is 9.62. The number of fused-ring (bicyclic) bond motifs is 2. The van der Waals surface area contributed by atoms with Crippen LogP contribution in [0.2, 0.25) is 15.1 Å². The van der Waals surface area contributed by atoms with E-state index < -0.39 is 5.91 Å². The molecule has 0 saturated heterocycles. The van der Waals surface area contributed by atoms with E-state index in [1.54, 1.807) is 35.2 Å².